The van der Waals surface area contributed by atoms with Crippen LogP contribution in [-0.2, 0) is 12.1 Å². The van der Waals surface area contributed by atoms with Crippen LogP contribution in [0.1, 0.15) is 29.9 Å². The fraction of sp³-hybridized carbons (Fsp3) is 0.318. The molecule has 1 aliphatic rings. The summed E-state index contributed by atoms with van der Waals surface area (Å²) in [6, 6.07) is 18.1. The van der Waals surface area contributed by atoms with Gasteiger partial charge in [-0.25, -0.2) is 4.98 Å². The van der Waals surface area contributed by atoms with Crippen molar-refractivity contribution < 1.29 is 9.52 Å². The number of likely N-dealkylation sites (tertiary alicyclic amines) is 1. The van der Waals surface area contributed by atoms with E-state index >= 15 is 0 Å². The Kier molecular flexibility index (Phi) is 4.62. The van der Waals surface area contributed by atoms with Crippen LogP contribution in [0.5, 0.6) is 0 Å². The largest absolute Gasteiger partial charge is 0.439 e. The van der Waals surface area contributed by atoms with Crippen LogP contribution < -0.4 is 0 Å². The maximum atomic E-state index is 11.1. The predicted molar refractivity (Wildman–Crippen MR) is 102 cm³/mol. The Bertz CT molecular complexity index is 875. The van der Waals surface area contributed by atoms with Gasteiger partial charge in [0.2, 0.25) is 5.89 Å². The molecule has 1 saturated heterocycles. The SMILES string of the molecule is Cc1ccccc1-c1cnc(CN2CCCC(O)(c3ccccc3)C2)o1. The molecular weight excluding hydrogens is 324 g/mol. The van der Waals surface area contributed by atoms with E-state index in [1.807, 2.05) is 42.5 Å². The summed E-state index contributed by atoms with van der Waals surface area (Å²) in [5, 5.41) is 11.1. The average molecular weight is 348 g/mol. The van der Waals surface area contributed by atoms with Crippen LogP contribution in [0.4, 0.5) is 0 Å². The molecule has 1 aliphatic heterocycles. The Balaban J connectivity index is 1.49. The lowest BCUT2D eigenvalue weighted by Gasteiger charge is -2.39. The number of oxazole rings is 1. The molecule has 0 bridgehead atoms. The third kappa shape index (κ3) is 3.43. The summed E-state index contributed by atoms with van der Waals surface area (Å²) in [7, 11) is 0. The molecule has 0 spiro atoms. The lowest BCUT2D eigenvalue weighted by molar-refractivity contribution is -0.0400. The normalized spacial score (nSPS) is 21.0. The smallest absolute Gasteiger partial charge is 0.209 e. The Hall–Kier alpha value is -2.43. The Morgan fingerprint density at radius 1 is 1.12 bits per heavy atom. The number of hydrogen-bond acceptors (Lipinski definition) is 4. The molecule has 0 aliphatic carbocycles. The second kappa shape index (κ2) is 7.06. The zero-order chi connectivity index (χ0) is 18.0. The van der Waals surface area contributed by atoms with Crippen LogP contribution in [0.25, 0.3) is 11.3 Å². The Morgan fingerprint density at radius 2 is 1.88 bits per heavy atom. The van der Waals surface area contributed by atoms with E-state index < -0.39 is 5.60 Å². The van der Waals surface area contributed by atoms with E-state index in [1.165, 1.54) is 5.56 Å². The summed E-state index contributed by atoms with van der Waals surface area (Å²) in [5.41, 5.74) is 2.43. The van der Waals surface area contributed by atoms with Crippen LogP contribution in [0.2, 0.25) is 0 Å². The van der Waals surface area contributed by atoms with E-state index in [2.05, 4.69) is 28.9 Å². The van der Waals surface area contributed by atoms with E-state index in [9.17, 15) is 5.11 Å². The molecule has 1 fully saturated rings. The van der Waals surface area contributed by atoms with Gasteiger partial charge in [0.05, 0.1) is 12.7 Å². The van der Waals surface area contributed by atoms with Gasteiger partial charge in [0.15, 0.2) is 5.76 Å². The lowest BCUT2D eigenvalue weighted by Crippen LogP contribution is -2.45. The average Bonchev–Trinajstić information content (AvgIpc) is 3.11. The Labute approximate surface area is 154 Å². The number of rotatable bonds is 4. The maximum absolute atomic E-state index is 11.1. The topological polar surface area (TPSA) is 49.5 Å². The number of hydrogen-bond donors (Lipinski definition) is 1. The van der Waals surface area contributed by atoms with E-state index in [4.69, 9.17) is 4.42 Å². The quantitative estimate of drug-likeness (QED) is 0.770. The summed E-state index contributed by atoms with van der Waals surface area (Å²) < 4.78 is 5.99. The lowest BCUT2D eigenvalue weighted by atomic mass is 9.86. The molecule has 4 heteroatoms. The van der Waals surface area contributed by atoms with Crippen molar-refractivity contribution in [3.05, 3.63) is 77.8 Å². The summed E-state index contributed by atoms with van der Waals surface area (Å²) >= 11 is 0. The number of aromatic nitrogens is 1. The summed E-state index contributed by atoms with van der Waals surface area (Å²) in [6.07, 6.45) is 3.54. The molecule has 3 aromatic rings. The number of aryl methyl sites for hydroxylation is 1. The fourth-order valence-electron chi connectivity index (χ4n) is 3.79. The number of piperidine rings is 1. The molecule has 1 unspecified atom stereocenters. The maximum Gasteiger partial charge on any atom is 0.209 e. The van der Waals surface area contributed by atoms with E-state index in [0.29, 0.717) is 19.0 Å². The minimum absolute atomic E-state index is 0.596. The van der Waals surface area contributed by atoms with Crippen LogP contribution in [0.3, 0.4) is 0 Å². The van der Waals surface area contributed by atoms with Gasteiger partial charge in [0.1, 0.15) is 5.60 Å². The van der Waals surface area contributed by atoms with Crippen molar-refractivity contribution in [1.82, 2.24) is 9.88 Å². The molecule has 1 N–H and O–H groups in total. The molecule has 4 nitrogen and oxygen atoms in total. The molecule has 4 rings (SSSR count). The van der Waals surface area contributed by atoms with Gasteiger partial charge in [0.25, 0.3) is 0 Å². The van der Waals surface area contributed by atoms with Gasteiger partial charge >= 0.3 is 0 Å². The van der Waals surface area contributed by atoms with Crippen molar-refractivity contribution in [2.24, 2.45) is 0 Å². The summed E-state index contributed by atoms with van der Waals surface area (Å²) in [5.74, 6) is 1.49. The van der Waals surface area contributed by atoms with E-state index in [-0.39, 0.29) is 0 Å². The van der Waals surface area contributed by atoms with Crippen molar-refractivity contribution in [1.29, 1.82) is 0 Å². The monoisotopic (exact) mass is 348 g/mol. The molecule has 1 aromatic heterocycles. The highest BCUT2D eigenvalue weighted by atomic mass is 16.4. The number of β-amino-alcohol motifs (C(OH)–C–C–N with tert-alkyl or cyclic N) is 1. The second-order valence-corrected chi connectivity index (χ2v) is 7.14. The highest BCUT2D eigenvalue weighted by molar-refractivity contribution is 5.60. The highest BCUT2D eigenvalue weighted by Crippen LogP contribution is 2.32. The van der Waals surface area contributed by atoms with E-state index in [1.54, 1.807) is 6.20 Å². The number of benzene rings is 2. The standard InChI is InChI=1S/C22H24N2O2/c1-17-8-5-6-11-19(17)20-14-23-21(26-20)15-24-13-7-12-22(25,16-24)18-9-3-2-4-10-18/h2-6,8-11,14,25H,7,12-13,15-16H2,1H3. The molecule has 134 valence electrons. The third-order valence-electron chi connectivity index (χ3n) is 5.18. The molecule has 2 aromatic carbocycles. The summed E-state index contributed by atoms with van der Waals surface area (Å²) in [6.45, 7) is 4.22. The van der Waals surface area contributed by atoms with Gasteiger partial charge in [-0.2, -0.15) is 0 Å². The minimum Gasteiger partial charge on any atom is -0.439 e. The van der Waals surface area contributed by atoms with Crippen LogP contribution in [-0.4, -0.2) is 28.1 Å². The van der Waals surface area contributed by atoms with Crippen molar-refractivity contribution in [3.8, 4) is 11.3 Å². The van der Waals surface area contributed by atoms with Crippen molar-refractivity contribution in [2.75, 3.05) is 13.1 Å². The highest BCUT2D eigenvalue weighted by Gasteiger charge is 2.35. The molecule has 0 radical (unpaired) electrons. The third-order valence-corrected chi connectivity index (χ3v) is 5.18. The number of aliphatic hydroxyl groups is 1. The van der Waals surface area contributed by atoms with Gasteiger partial charge in [-0.3, -0.25) is 4.90 Å². The zero-order valence-electron chi connectivity index (χ0n) is 15.1. The van der Waals surface area contributed by atoms with Gasteiger partial charge in [0, 0.05) is 12.1 Å². The van der Waals surface area contributed by atoms with E-state index in [0.717, 1.165) is 36.3 Å². The van der Waals surface area contributed by atoms with Crippen molar-refractivity contribution in [3.63, 3.8) is 0 Å². The van der Waals surface area contributed by atoms with Gasteiger partial charge in [-0.1, -0.05) is 54.6 Å². The second-order valence-electron chi connectivity index (χ2n) is 7.14. The first-order valence-electron chi connectivity index (χ1n) is 9.15. The molecule has 0 amide bonds. The van der Waals surface area contributed by atoms with Gasteiger partial charge in [-0.05, 0) is 37.4 Å². The van der Waals surface area contributed by atoms with Crippen LogP contribution in [0, 0.1) is 6.92 Å². The first-order chi connectivity index (χ1) is 12.6. The zero-order valence-corrected chi connectivity index (χ0v) is 15.1. The predicted octanol–water partition coefficient (Wildman–Crippen LogP) is 4.13. The van der Waals surface area contributed by atoms with Crippen LogP contribution in [0.15, 0.2) is 65.2 Å². The molecule has 1 atom stereocenters. The number of nitrogens with zero attached hydrogens (tertiary/aromatic N) is 2. The molecule has 0 saturated carbocycles. The fourth-order valence-corrected chi connectivity index (χ4v) is 3.79. The molecule has 26 heavy (non-hydrogen) atoms. The first-order valence-corrected chi connectivity index (χ1v) is 9.15. The molecule has 2 heterocycles. The van der Waals surface area contributed by atoms with Gasteiger partial charge < -0.3 is 9.52 Å². The van der Waals surface area contributed by atoms with Gasteiger partial charge in [-0.15, -0.1) is 0 Å². The van der Waals surface area contributed by atoms with Crippen LogP contribution >= 0.6 is 0 Å². The molecular formula is C22H24N2O2. The van der Waals surface area contributed by atoms with Crippen molar-refractivity contribution >= 4 is 0 Å². The first kappa shape index (κ1) is 17.0. The summed E-state index contributed by atoms with van der Waals surface area (Å²) in [4.78, 5) is 6.68. The Morgan fingerprint density at radius 3 is 2.69 bits per heavy atom. The minimum atomic E-state index is -0.801. The van der Waals surface area contributed by atoms with Crippen molar-refractivity contribution in [2.45, 2.75) is 31.9 Å².